The van der Waals surface area contributed by atoms with Gasteiger partial charge in [0.2, 0.25) is 0 Å². The number of nitrogens with one attached hydrogen (secondary N) is 1. The van der Waals surface area contributed by atoms with Gasteiger partial charge in [-0.05, 0) is 19.1 Å². The molecule has 11 heteroatoms. The van der Waals surface area contributed by atoms with Crippen LogP contribution in [0, 0.1) is 0 Å². The second-order valence-corrected chi connectivity index (χ2v) is 4.77. The minimum atomic E-state index is -5.09. The molecule has 0 unspecified atom stereocenters. The first kappa shape index (κ1) is 18.7. The van der Waals surface area contributed by atoms with E-state index in [2.05, 4.69) is 14.7 Å². The molecule has 0 radical (unpaired) electrons. The lowest BCUT2D eigenvalue weighted by molar-refractivity contribution is -0.141. The van der Waals surface area contributed by atoms with Crippen molar-refractivity contribution in [3.8, 4) is 0 Å². The number of nitrogens with zero attached hydrogens (tertiary/aromatic N) is 2. The maximum absolute atomic E-state index is 13.3. The van der Waals surface area contributed by atoms with Crippen molar-refractivity contribution in [2.75, 3.05) is 18.5 Å². The van der Waals surface area contributed by atoms with Crippen molar-refractivity contribution in [2.45, 2.75) is 19.3 Å². The first-order chi connectivity index (χ1) is 11.5. The third-order valence-electron chi connectivity index (χ3n) is 2.97. The van der Waals surface area contributed by atoms with Crippen molar-refractivity contribution < 1.29 is 35.9 Å². The Balaban J connectivity index is 2.77. The number of alkyl halides is 6. The number of hydrogen-bond donors (Lipinski definition) is 1. The maximum atomic E-state index is 13.3. The fourth-order valence-corrected chi connectivity index (χ4v) is 2.08. The van der Waals surface area contributed by atoms with Crippen LogP contribution in [0.5, 0.6) is 0 Å². The minimum absolute atomic E-state index is 0.164. The van der Waals surface area contributed by atoms with Gasteiger partial charge in [-0.2, -0.15) is 26.3 Å². The highest BCUT2D eigenvalue weighted by Crippen LogP contribution is 2.38. The van der Waals surface area contributed by atoms with Crippen LogP contribution in [0.4, 0.5) is 32.0 Å². The van der Waals surface area contributed by atoms with Gasteiger partial charge in [0, 0.05) is 11.6 Å². The van der Waals surface area contributed by atoms with Gasteiger partial charge in [-0.25, -0.2) is 14.8 Å². The van der Waals surface area contributed by atoms with Crippen molar-refractivity contribution in [1.29, 1.82) is 0 Å². The Morgan fingerprint density at radius 2 is 1.92 bits per heavy atom. The highest BCUT2D eigenvalue weighted by molar-refractivity contribution is 6.05. The average molecular weight is 367 g/mol. The van der Waals surface area contributed by atoms with Gasteiger partial charge in [0.05, 0.1) is 12.3 Å². The number of esters is 1. The number of aromatic nitrogens is 2. The predicted octanol–water partition coefficient (Wildman–Crippen LogP) is 3.80. The molecule has 0 aliphatic rings. The van der Waals surface area contributed by atoms with Crippen LogP contribution < -0.4 is 5.32 Å². The molecule has 2 rings (SSSR count). The summed E-state index contributed by atoms with van der Waals surface area (Å²) in [6, 6.07) is 2.50. The minimum Gasteiger partial charge on any atom is -0.462 e. The summed E-state index contributed by atoms with van der Waals surface area (Å²) in [5, 5.41) is 1.68. The largest absolute Gasteiger partial charge is 0.462 e. The molecule has 2 heterocycles. The molecule has 0 bridgehead atoms. The SMILES string of the molecule is CCOC(=O)c1c(C(F)(F)F)nc2ncccc2c1NCC(F)(F)F. The summed E-state index contributed by atoms with van der Waals surface area (Å²) >= 11 is 0. The lowest BCUT2D eigenvalue weighted by Gasteiger charge is -2.19. The molecule has 0 atom stereocenters. The standard InChI is InChI=1S/C14H11F6N3O2/c1-2-25-12(24)8-9(22-6-13(15,16)17)7-4-3-5-21-11(7)23-10(8)14(18,19)20/h3-5H,2,6H2,1H3,(H,21,22,23). The lowest BCUT2D eigenvalue weighted by Crippen LogP contribution is -2.25. The number of halogens is 6. The van der Waals surface area contributed by atoms with E-state index in [4.69, 9.17) is 0 Å². The number of rotatable bonds is 4. The van der Waals surface area contributed by atoms with Crippen LogP contribution in [-0.4, -0.2) is 35.3 Å². The molecular weight excluding hydrogens is 356 g/mol. The molecule has 0 saturated carbocycles. The summed E-state index contributed by atoms with van der Waals surface area (Å²) in [6.45, 7) is -0.561. The molecule has 0 saturated heterocycles. The summed E-state index contributed by atoms with van der Waals surface area (Å²) in [6.07, 6.45) is -8.68. The number of hydrogen-bond acceptors (Lipinski definition) is 5. The van der Waals surface area contributed by atoms with Gasteiger partial charge >= 0.3 is 18.3 Å². The number of pyridine rings is 2. The van der Waals surface area contributed by atoms with Crippen LogP contribution in [0.3, 0.4) is 0 Å². The Labute approximate surface area is 137 Å². The molecule has 25 heavy (non-hydrogen) atoms. The van der Waals surface area contributed by atoms with E-state index < -0.39 is 47.5 Å². The van der Waals surface area contributed by atoms with E-state index in [0.717, 1.165) is 6.20 Å². The first-order valence-electron chi connectivity index (χ1n) is 6.88. The Bertz CT molecular complexity index is 788. The summed E-state index contributed by atoms with van der Waals surface area (Å²) < 4.78 is 82.0. The van der Waals surface area contributed by atoms with E-state index >= 15 is 0 Å². The lowest BCUT2D eigenvalue weighted by atomic mass is 10.1. The Morgan fingerprint density at radius 1 is 1.24 bits per heavy atom. The van der Waals surface area contributed by atoms with Crippen molar-refractivity contribution in [3.63, 3.8) is 0 Å². The van der Waals surface area contributed by atoms with Gasteiger partial charge in [-0.15, -0.1) is 0 Å². The Kier molecular flexibility index (Phi) is 5.04. The average Bonchev–Trinajstić information content (AvgIpc) is 2.50. The summed E-state index contributed by atoms with van der Waals surface area (Å²) in [5.74, 6) is -1.43. The normalized spacial score (nSPS) is 12.3. The van der Waals surface area contributed by atoms with E-state index in [-0.39, 0.29) is 12.0 Å². The summed E-state index contributed by atoms with van der Waals surface area (Å²) in [7, 11) is 0. The Hall–Kier alpha value is -2.59. The second-order valence-electron chi connectivity index (χ2n) is 4.77. The third-order valence-corrected chi connectivity index (χ3v) is 2.97. The number of anilines is 1. The van der Waals surface area contributed by atoms with Crippen LogP contribution >= 0.6 is 0 Å². The maximum Gasteiger partial charge on any atom is 0.434 e. The van der Waals surface area contributed by atoms with Gasteiger partial charge in [0.15, 0.2) is 11.3 Å². The summed E-state index contributed by atoms with van der Waals surface area (Å²) in [5.41, 5.74) is -3.91. The highest BCUT2D eigenvalue weighted by atomic mass is 19.4. The van der Waals surface area contributed by atoms with Crippen LogP contribution in [0.2, 0.25) is 0 Å². The molecule has 0 aromatic carbocycles. The van der Waals surface area contributed by atoms with Gasteiger partial charge in [0.1, 0.15) is 12.1 Å². The van der Waals surface area contributed by atoms with Crippen molar-refractivity contribution in [2.24, 2.45) is 0 Å². The predicted molar refractivity (Wildman–Crippen MR) is 75.0 cm³/mol. The highest BCUT2D eigenvalue weighted by Gasteiger charge is 2.41. The van der Waals surface area contributed by atoms with E-state index in [1.165, 1.54) is 19.1 Å². The van der Waals surface area contributed by atoms with Crippen LogP contribution in [0.15, 0.2) is 18.3 Å². The van der Waals surface area contributed by atoms with Crippen LogP contribution in [-0.2, 0) is 10.9 Å². The van der Waals surface area contributed by atoms with E-state index in [9.17, 15) is 31.1 Å². The zero-order valence-corrected chi connectivity index (χ0v) is 12.6. The van der Waals surface area contributed by atoms with Crippen molar-refractivity contribution in [3.05, 3.63) is 29.6 Å². The van der Waals surface area contributed by atoms with Crippen molar-refractivity contribution >= 4 is 22.7 Å². The van der Waals surface area contributed by atoms with Gasteiger partial charge in [-0.1, -0.05) is 0 Å². The number of fused-ring (bicyclic) bond motifs is 1. The van der Waals surface area contributed by atoms with Gasteiger partial charge < -0.3 is 10.1 Å². The zero-order valence-electron chi connectivity index (χ0n) is 12.6. The smallest absolute Gasteiger partial charge is 0.434 e. The fourth-order valence-electron chi connectivity index (χ4n) is 2.08. The first-order valence-corrected chi connectivity index (χ1v) is 6.88. The topological polar surface area (TPSA) is 64.1 Å². The van der Waals surface area contributed by atoms with E-state index in [1.54, 1.807) is 0 Å². The zero-order chi connectivity index (χ0) is 18.8. The molecule has 2 aromatic rings. The molecule has 136 valence electrons. The molecule has 0 spiro atoms. The second kappa shape index (κ2) is 6.73. The molecule has 0 aliphatic carbocycles. The molecule has 2 aromatic heterocycles. The Morgan fingerprint density at radius 3 is 2.48 bits per heavy atom. The number of carbonyl (C=O) groups is 1. The fraction of sp³-hybridized carbons (Fsp3) is 0.357. The van der Waals surface area contributed by atoms with Crippen molar-refractivity contribution in [1.82, 2.24) is 9.97 Å². The van der Waals surface area contributed by atoms with E-state index in [1.807, 2.05) is 5.32 Å². The molecule has 0 amide bonds. The quantitative estimate of drug-likeness (QED) is 0.658. The molecule has 0 fully saturated rings. The monoisotopic (exact) mass is 367 g/mol. The van der Waals surface area contributed by atoms with Crippen LogP contribution in [0.25, 0.3) is 11.0 Å². The molecule has 1 N–H and O–H groups in total. The molecular formula is C14H11F6N3O2. The molecule has 0 aliphatic heterocycles. The number of carbonyl (C=O) groups excluding carboxylic acids is 1. The third kappa shape index (κ3) is 4.28. The van der Waals surface area contributed by atoms with Gasteiger partial charge in [-0.3, -0.25) is 0 Å². The van der Waals surface area contributed by atoms with Gasteiger partial charge in [0.25, 0.3) is 0 Å². The summed E-state index contributed by atoms with van der Waals surface area (Å²) in [4.78, 5) is 18.9. The molecule has 5 nitrogen and oxygen atoms in total. The van der Waals surface area contributed by atoms with E-state index in [0.29, 0.717) is 0 Å². The number of ether oxygens (including phenoxy) is 1. The van der Waals surface area contributed by atoms with Crippen LogP contribution in [0.1, 0.15) is 23.0 Å².